The number of hydrogen-bond donors (Lipinski definition) is 1. The SMILES string of the molecule is COc1ccccc1C1/C(=C(/O)c2ccncc2)C(=O)C(=O)N1Cc1ccco1. The second kappa shape index (κ2) is 7.63. The average molecular weight is 390 g/mol. The molecule has 1 amide bonds. The second-order valence-corrected chi connectivity index (χ2v) is 6.48. The molecule has 0 radical (unpaired) electrons. The molecule has 2 aromatic heterocycles. The smallest absolute Gasteiger partial charge is 0.296 e. The zero-order chi connectivity index (χ0) is 20.4. The maximum Gasteiger partial charge on any atom is 0.296 e. The molecule has 1 unspecified atom stereocenters. The lowest BCUT2D eigenvalue weighted by atomic mass is 9.95. The molecule has 1 aliphatic heterocycles. The number of pyridine rings is 1. The van der Waals surface area contributed by atoms with Crippen LogP contribution in [-0.2, 0) is 16.1 Å². The van der Waals surface area contributed by atoms with Crippen LogP contribution in [0, 0.1) is 0 Å². The summed E-state index contributed by atoms with van der Waals surface area (Å²) in [7, 11) is 1.51. The van der Waals surface area contributed by atoms with E-state index in [1.807, 2.05) is 0 Å². The van der Waals surface area contributed by atoms with Gasteiger partial charge in [0, 0.05) is 23.5 Å². The minimum Gasteiger partial charge on any atom is -0.507 e. The number of furan rings is 1. The van der Waals surface area contributed by atoms with Crippen LogP contribution in [0.5, 0.6) is 5.75 Å². The van der Waals surface area contributed by atoms with Crippen molar-refractivity contribution in [2.75, 3.05) is 7.11 Å². The van der Waals surface area contributed by atoms with Crippen LogP contribution in [0.4, 0.5) is 0 Å². The quantitative estimate of drug-likeness (QED) is 0.408. The van der Waals surface area contributed by atoms with Crippen LogP contribution < -0.4 is 4.74 Å². The highest BCUT2D eigenvalue weighted by molar-refractivity contribution is 6.46. The maximum atomic E-state index is 12.9. The molecular formula is C22H18N2O5. The molecule has 1 aromatic carbocycles. The highest BCUT2D eigenvalue weighted by Crippen LogP contribution is 2.43. The van der Waals surface area contributed by atoms with Crippen molar-refractivity contribution in [3.8, 4) is 5.75 Å². The maximum absolute atomic E-state index is 12.9. The first kappa shape index (κ1) is 18.5. The highest BCUT2D eigenvalue weighted by Gasteiger charge is 2.47. The van der Waals surface area contributed by atoms with E-state index in [1.165, 1.54) is 30.7 Å². The topological polar surface area (TPSA) is 92.9 Å². The van der Waals surface area contributed by atoms with E-state index in [0.29, 0.717) is 22.6 Å². The third-order valence-corrected chi connectivity index (χ3v) is 4.83. The number of hydrogen-bond acceptors (Lipinski definition) is 6. The van der Waals surface area contributed by atoms with E-state index < -0.39 is 17.7 Å². The molecule has 0 saturated carbocycles. The number of Topliss-reactive ketones (excluding diaryl/α,β-unsaturated/α-hetero) is 1. The van der Waals surface area contributed by atoms with Gasteiger partial charge in [-0.25, -0.2) is 0 Å². The van der Waals surface area contributed by atoms with Gasteiger partial charge < -0.3 is 19.2 Å². The number of ketones is 1. The molecule has 4 rings (SSSR count). The summed E-state index contributed by atoms with van der Waals surface area (Å²) in [6, 6.07) is 12.9. The molecule has 1 aliphatic rings. The number of rotatable bonds is 5. The van der Waals surface area contributed by atoms with Crippen LogP contribution >= 0.6 is 0 Å². The number of ether oxygens (including phenoxy) is 1. The van der Waals surface area contributed by atoms with Crippen LogP contribution in [0.3, 0.4) is 0 Å². The van der Waals surface area contributed by atoms with E-state index in [9.17, 15) is 14.7 Å². The number of aliphatic hydroxyl groups excluding tert-OH is 1. The van der Waals surface area contributed by atoms with Crippen LogP contribution in [0.15, 0.2) is 77.2 Å². The molecule has 0 bridgehead atoms. The molecule has 1 fully saturated rings. The first-order valence-electron chi connectivity index (χ1n) is 8.96. The minimum atomic E-state index is -0.829. The predicted octanol–water partition coefficient (Wildman–Crippen LogP) is 3.31. The zero-order valence-electron chi connectivity index (χ0n) is 15.6. The van der Waals surface area contributed by atoms with Gasteiger partial charge in [-0.05, 0) is 30.3 Å². The van der Waals surface area contributed by atoms with Crippen molar-refractivity contribution < 1.29 is 23.8 Å². The van der Waals surface area contributed by atoms with E-state index in [4.69, 9.17) is 9.15 Å². The summed E-state index contributed by atoms with van der Waals surface area (Å²) in [5.74, 6) is -0.710. The lowest BCUT2D eigenvalue weighted by Gasteiger charge is -2.25. The summed E-state index contributed by atoms with van der Waals surface area (Å²) in [5, 5.41) is 10.9. The van der Waals surface area contributed by atoms with Crippen molar-refractivity contribution in [2.24, 2.45) is 0 Å². The molecule has 1 saturated heterocycles. The van der Waals surface area contributed by atoms with E-state index >= 15 is 0 Å². The van der Waals surface area contributed by atoms with Crippen molar-refractivity contribution in [3.63, 3.8) is 0 Å². The molecule has 0 aliphatic carbocycles. The molecule has 1 N–H and O–H groups in total. The molecular weight excluding hydrogens is 372 g/mol. The monoisotopic (exact) mass is 390 g/mol. The number of likely N-dealkylation sites (tertiary alicyclic amines) is 1. The van der Waals surface area contributed by atoms with Crippen LogP contribution in [0.1, 0.15) is 22.9 Å². The van der Waals surface area contributed by atoms with Gasteiger partial charge in [0.05, 0.1) is 31.5 Å². The molecule has 7 heteroatoms. The third kappa shape index (κ3) is 3.27. The summed E-state index contributed by atoms with van der Waals surface area (Å²) in [4.78, 5) is 31.2. The lowest BCUT2D eigenvalue weighted by molar-refractivity contribution is -0.140. The van der Waals surface area contributed by atoms with E-state index in [1.54, 1.807) is 48.5 Å². The van der Waals surface area contributed by atoms with Gasteiger partial charge in [0.1, 0.15) is 17.3 Å². The molecule has 146 valence electrons. The molecule has 3 heterocycles. The zero-order valence-corrected chi connectivity index (χ0v) is 15.6. The Hall–Kier alpha value is -3.87. The van der Waals surface area contributed by atoms with E-state index in [-0.39, 0.29) is 17.9 Å². The summed E-state index contributed by atoms with van der Waals surface area (Å²) in [5.41, 5.74) is 0.990. The number of methoxy groups -OCH3 is 1. The van der Waals surface area contributed by atoms with Crippen molar-refractivity contribution in [1.29, 1.82) is 0 Å². The fraction of sp³-hybridized carbons (Fsp3) is 0.136. The number of aliphatic hydroxyl groups is 1. The summed E-state index contributed by atoms with van der Waals surface area (Å²) >= 11 is 0. The number of carbonyl (C=O) groups excluding carboxylic acids is 2. The number of nitrogens with zero attached hydrogens (tertiary/aromatic N) is 2. The van der Waals surface area contributed by atoms with Gasteiger partial charge in [0.15, 0.2) is 0 Å². The van der Waals surface area contributed by atoms with Crippen LogP contribution in [0.2, 0.25) is 0 Å². The Balaban J connectivity index is 1.91. The third-order valence-electron chi connectivity index (χ3n) is 4.83. The number of benzene rings is 1. The van der Waals surface area contributed by atoms with Gasteiger partial charge in [0.2, 0.25) is 0 Å². The number of amides is 1. The summed E-state index contributed by atoms with van der Waals surface area (Å²) in [6.45, 7) is 0.0768. The molecule has 1 atom stereocenters. The van der Waals surface area contributed by atoms with Gasteiger partial charge in [0.25, 0.3) is 11.7 Å². The Morgan fingerprint density at radius 2 is 1.90 bits per heavy atom. The Morgan fingerprint density at radius 1 is 1.14 bits per heavy atom. The highest BCUT2D eigenvalue weighted by atomic mass is 16.5. The fourth-order valence-electron chi connectivity index (χ4n) is 3.49. The van der Waals surface area contributed by atoms with Gasteiger partial charge in [-0.15, -0.1) is 0 Å². The Morgan fingerprint density at radius 3 is 2.59 bits per heavy atom. The van der Waals surface area contributed by atoms with E-state index in [2.05, 4.69) is 4.98 Å². The Labute approximate surface area is 166 Å². The van der Waals surface area contributed by atoms with Gasteiger partial charge >= 0.3 is 0 Å². The Bertz CT molecular complexity index is 1070. The standard InChI is InChI=1S/C22H18N2O5/c1-28-17-7-3-2-6-16(17)19-18(20(25)14-8-10-23-11-9-14)21(26)22(27)24(19)13-15-5-4-12-29-15/h2-12,19,25H,13H2,1H3/b20-18-. The van der Waals surface area contributed by atoms with Gasteiger partial charge in [-0.2, -0.15) is 0 Å². The lowest BCUT2D eigenvalue weighted by Crippen LogP contribution is -2.29. The number of para-hydroxylation sites is 1. The van der Waals surface area contributed by atoms with Gasteiger partial charge in [-0.3, -0.25) is 14.6 Å². The van der Waals surface area contributed by atoms with Crippen LogP contribution in [-0.4, -0.2) is 33.8 Å². The first-order valence-corrected chi connectivity index (χ1v) is 8.96. The predicted molar refractivity (Wildman–Crippen MR) is 104 cm³/mol. The largest absolute Gasteiger partial charge is 0.507 e. The van der Waals surface area contributed by atoms with Crippen LogP contribution in [0.25, 0.3) is 5.76 Å². The normalized spacial score (nSPS) is 18.2. The van der Waals surface area contributed by atoms with Crippen molar-refractivity contribution >= 4 is 17.4 Å². The molecule has 29 heavy (non-hydrogen) atoms. The summed E-state index contributed by atoms with van der Waals surface area (Å²) < 4.78 is 10.8. The Kier molecular flexibility index (Phi) is 4.87. The van der Waals surface area contributed by atoms with Crippen molar-refractivity contribution in [1.82, 2.24) is 9.88 Å². The fourth-order valence-corrected chi connectivity index (χ4v) is 3.49. The van der Waals surface area contributed by atoms with E-state index in [0.717, 1.165) is 0 Å². The molecule has 3 aromatic rings. The second-order valence-electron chi connectivity index (χ2n) is 6.48. The number of aromatic nitrogens is 1. The number of carbonyl (C=O) groups is 2. The minimum absolute atomic E-state index is 0.00254. The molecule has 0 spiro atoms. The van der Waals surface area contributed by atoms with Gasteiger partial charge in [-0.1, -0.05) is 18.2 Å². The van der Waals surface area contributed by atoms with Crippen molar-refractivity contribution in [2.45, 2.75) is 12.6 Å². The van der Waals surface area contributed by atoms with Crippen molar-refractivity contribution in [3.05, 3.63) is 89.6 Å². The first-order chi connectivity index (χ1) is 14.1. The summed E-state index contributed by atoms with van der Waals surface area (Å²) in [6.07, 6.45) is 4.51. The average Bonchev–Trinajstić information content (AvgIpc) is 3.36. The molecule has 7 nitrogen and oxygen atoms in total.